The number of nitrogens with zero attached hydrogens (tertiary/aromatic N) is 2. The molecule has 100 valence electrons. The maximum atomic E-state index is 8.76. The minimum atomic E-state index is -0.360. The minimum Gasteiger partial charge on any atom is -0.485 e. The second-order valence-corrected chi connectivity index (χ2v) is 4.24. The van der Waals surface area contributed by atoms with Crippen LogP contribution in [-0.4, -0.2) is 28.5 Å². The van der Waals surface area contributed by atoms with Crippen molar-refractivity contribution in [3.63, 3.8) is 0 Å². The minimum absolute atomic E-state index is 0.105. The van der Waals surface area contributed by atoms with Gasteiger partial charge in [0.25, 0.3) is 0 Å². The average molecular weight is 262 g/mol. The molecule has 19 heavy (non-hydrogen) atoms. The number of aliphatic hydroxyl groups is 1. The lowest BCUT2D eigenvalue weighted by molar-refractivity contribution is 0.0832. The van der Waals surface area contributed by atoms with Crippen molar-refractivity contribution in [1.29, 1.82) is 0 Å². The molecule has 2 heterocycles. The fourth-order valence-corrected chi connectivity index (χ4v) is 1.88. The monoisotopic (exact) mass is 262 g/mol. The molecule has 1 N–H and O–H groups in total. The van der Waals surface area contributed by atoms with Gasteiger partial charge in [-0.15, -0.1) is 0 Å². The summed E-state index contributed by atoms with van der Waals surface area (Å²) in [6.07, 6.45) is 0.807. The van der Waals surface area contributed by atoms with Crippen molar-refractivity contribution >= 4 is 0 Å². The van der Waals surface area contributed by atoms with Crippen LogP contribution >= 0.6 is 0 Å². The number of aliphatic hydroxyl groups excluding tert-OH is 1. The van der Waals surface area contributed by atoms with E-state index in [-0.39, 0.29) is 12.7 Å². The Morgan fingerprint density at radius 2 is 2.11 bits per heavy atom. The molecule has 0 bridgehead atoms. The Morgan fingerprint density at radius 3 is 2.95 bits per heavy atom. The maximum absolute atomic E-state index is 8.76. The average Bonchev–Trinajstić information content (AvgIpc) is 2.93. The normalized spacial score (nSPS) is 17.4. The Hall–Kier alpha value is -2.08. The lowest BCUT2D eigenvalue weighted by atomic mass is 10.2. The Bertz CT molecular complexity index is 555. The van der Waals surface area contributed by atoms with Crippen LogP contribution in [0.1, 0.15) is 24.2 Å². The fourth-order valence-electron chi connectivity index (χ4n) is 1.88. The summed E-state index contributed by atoms with van der Waals surface area (Å²) < 4.78 is 16.5. The number of para-hydroxylation sites is 2. The Labute approximate surface area is 110 Å². The first-order valence-electron chi connectivity index (χ1n) is 6.18. The zero-order valence-corrected chi connectivity index (χ0v) is 10.3. The third-order valence-electron chi connectivity index (χ3n) is 2.83. The molecule has 0 aliphatic carbocycles. The zero-order chi connectivity index (χ0) is 13.1. The Balaban J connectivity index is 1.72. The molecule has 2 aromatic rings. The smallest absolute Gasteiger partial charge is 0.226 e. The highest BCUT2D eigenvalue weighted by Crippen LogP contribution is 2.34. The van der Waals surface area contributed by atoms with Crippen LogP contribution in [-0.2, 0) is 6.42 Å². The molecule has 0 saturated carbocycles. The van der Waals surface area contributed by atoms with Gasteiger partial charge in [-0.25, -0.2) is 0 Å². The van der Waals surface area contributed by atoms with Gasteiger partial charge in [-0.1, -0.05) is 17.3 Å². The molecule has 1 atom stereocenters. The van der Waals surface area contributed by atoms with Crippen LogP contribution in [0.15, 0.2) is 28.8 Å². The molecule has 0 fully saturated rings. The van der Waals surface area contributed by atoms with E-state index in [0.29, 0.717) is 36.9 Å². The number of hydrogen-bond acceptors (Lipinski definition) is 6. The number of ether oxygens (including phenoxy) is 2. The fraction of sp³-hybridized carbons (Fsp3) is 0.385. The summed E-state index contributed by atoms with van der Waals surface area (Å²) in [7, 11) is 0. The van der Waals surface area contributed by atoms with Crippen molar-refractivity contribution in [3.05, 3.63) is 36.0 Å². The van der Waals surface area contributed by atoms with E-state index < -0.39 is 0 Å². The van der Waals surface area contributed by atoms with Gasteiger partial charge in [0, 0.05) is 13.0 Å². The van der Waals surface area contributed by atoms with E-state index in [1.165, 1.54) is 0 Å². The van der Waals surface area contributed by atoms with Gasteiger partial charge >= 0.3 is 0 Å². The molecular formula is C13H14N2O4. The molecule has 0 saturated heterocycles. The molecule has 1 aromatic heterocycles. The molecule has 0 spiro atoms. The second-order valence-electron chi connectivity index (χ2n) is 4.24. The first kappa shape index (κ1) is 12.0. The second kappa shape index (κ2) is 5.27. The van der Waals surface area contributed by atoms with Crippen LogP contribution in [0.4, 0.5) is 0 Å². The Kier molecular flexibility index (Phi) is 3.33. The van der Waals surface area contributed by atoms with E-state index in [0.717, 1.165) is 5.75 Å². The molecule has 6 heteroatoms. The van der Waals surface area contributed by atoms with Gasteiger partial charge in [0.2, 0.25) is 11.7 Å². The maximum Gasteiger partial charge on any atom is 0.226 e. The van der Waals surface area contributed by atoms with Crippen molar-refractivity contribution in [2.24, 2.45) is 0 Å². The SMILES string of the molecule is OCCCc1nc(C2COc3ccccc3O2)no1. The number of benzene rings is 1. The molecule has 0 amide bonds. The van der Waals surface area contributed by atoms with Gasteiger partial charge in [0.1, 0.15) is 6.61 Å². The summed E-state index contributed by atoms with van der Waals surface area (Å²) in [5.74, 6) is 2.39. The molecular weight excluding hydrogens is 248 g/mol. The lowest BCUT2D eigenvalue weighted by Crippen LogP contribution is -2.22. The van der Waals surface area contributed by atoms with Gasteiger partial charge in [-0.05, 0) is 18.6 Å². The molecule has 0 radical (unpaired) electrons. The van der Waals surface area contributed by atoms with Crippen LogP contribution in [0, 0.1) is 0 Å². The lowest BCUT2D eigenvalue weighted by Gasteiger charge is -2.24. The van der Waals surface area contributed by atoms with Crippen molar-refractivity contribution < 1.29 is 19.1 Å². The third-order valence-corrected chi connectivity index (χ3v) is 2.83. The van der Waals surface area contributed by atoms with Crippen LogP contribution in [0.2, 0.25) is 0 Å². The molecule has 3 rings (SSSR count). The standard InChI is InChI=1S/C13H14N2O4/c16-7-3-6-12-14-13(15-19-12)11-8-17-9-4-1-2-5-10(9)18-11/h1-2,4-5,11,16H,3,6-8H2. The van der Waals surface area contributed by atoms with Crippen molar-refractivity contribution in [2.45, 2.75) is 18.9 Å². The number of hydrogen-bond donors (Lipinski definition) is 1. The molecule has 1 aliphatic heterocycles. The van der Waals surface area contributed by atoms with E-state index in [1.807, 2.05) is 24.3 Å². The number of aryl methyl sites for hydroxylation is 1. The zero-order valence-electron chi connectivity index (χ0n) is 10.3. The van der Waals surface area contributed by atoms with Gasteiger partial charge in [0.05, 0.1) is 0 Å². The highest BCUT2D eigenvalue weighted by Gasteiger charge is 2.26. The topological polar surface area (TPSA) is 77.6 Å². The van der Waals surface area contributed by atoms with E-state index in [4.69, 9.17) is 19.1 Å². The number of fused-ring (bicyclic) bond motifs is 1. The van der Waals surface area contributed by atoms with E-state index in [2.05, 4.69) is 10.1 Å². The molecule has 1 unspecified atom stereocenters. The molecule has 6 nitrogen and oxygen atoms in total. The number of aromatic nitrogens is 2. The van der Waals surface area contributed by atoms with Gasteiger partial charge in [-0.2, -0.15) is 4.98 Å². The summed E-state index contributed by atoms with van der Waals surface area (Å²) in [5, 5.41) is 12.7. The van der Waals surface area contributed by atoms with E-state index >= 15 is 0 Å². The van der Waals surface area contributed by atoms with Crippen LogP contribution < -0.4 is 9.47 Å². The van der Waals surface area contributed by atoms with Crippen molar-refractivity contribution in [3.8, 4) is 11.5 Å². The summed E-state index contributed by atoms with van der Waals surface area (Å²) in [6, 6.07) is 7.47. The largest absolute Gasteiger partial charge is 0.485 e. The Morgan fingerprint density at radius 1 is 1.26 bits per heavy atom. The van der Waals surface area contributed by atoms with Gasteiger partial charge < -0.3 is 19.1 Å². The third kappa shape index (κ3) is 2.53. The van der Waals surface area contributed by atoms with Gasteiger partial charge in [-0.3, -0.25) is 0 Å². The number of rotatable bonds is 4. The van der Waals surface area contributed by atoms with Crippen LogP contribution in [0.3, 0.4) is 0 Å². The van der Waals surface area contributed by atoms with Crippen molar-refractivity contribution in [1.82, 2.24) is 10.1 Å². The van der Waals surface area contributed by atoms with E-state index in [9.17, 15) is 0 Å². The summed E-state index contributed by atoms with van der Waals surface area (Å²) >= 11 is 0. The molecule has 1 aliphatic rings. The van der Waals surface area contributed by atoms with E-state index in [1.54, 1.807) is 0 Å². The first-order chi connectivity index (χ1) is 9.36. The van der Waals surface area contributed by atoms with Crippen LogP contribution in [0.25, 0.3) is 0 Å². The predicted molar refractivity (Wildman–Crippen MR) is 65.0 cm³/mol. The highest BCUT2D eigenvalue weighted by molar-refractivity contribution is 5.40. The predicted octanol–water partition coefficient (Wildman–Crippen LogP) is 1.51. The van der Waals surface area contributed by atoms with Crippen molar-refractivity contribution in [2.75, 3.05) is 13.2 Å². The first-order valence-corrected chi connectivity index (χ1v) is 6.18. The van der Waals surface area contributed by atoms with Gasteiger partial charge in [0.15, 0.2) is 17.6 Å². The summed E-state index contributed by atoms with van der Waals surface area (Å²) in [6.45, 7) is 0.462. The molecule has 1 aromatic carbocycles. The highest BCUT2D eigenvalue weighted by atomic mass is 16.6. The summed E-state index contributed by atoms with van der Waals surface area (Å²) in [4.78, 5) is 4.25. The quantitative estimate of drug-likeness (QED) is 0.899. The summed E-state index contributed by atoms with van der Waals surface area (Å²) in [5.41, 5.74) is 0. The van der Waals surface area contributed by atoms with Crippen LogP contribution in [0.5, 0.6) is 11.5 Å².